The molecule has 158 valence electrons. The largest absolute Gasteiger partial charge is 1.00 e. The topological polar surface area (TPSA) is 34.8 Å². The standard InChI is InChI=1S/C27H28N3.ClH/c28-19-24-11-6-7-12-25(24)30-20-26(29-18-8-2-5-13-27(29)30)23-16-14-22(15-17-23)21-9-3-1-4-10-21;/h1,3-4,6-7,9-12,14-17,20H,2,5,8,13,18-19,28H2;1H/q+1;/p-1. The number of para-hydroxylation sites is 1. The van der Waals surface area contributed by atoms with E-state index in [2.05, 4.69) is 94.2 Å². The van der Waals surface area contributed by atoms with E-state index >= 15 is 0 Å². The highest BCUT2D eigenvalue weighted by molar-refractivity contribution is 5.68. The lowest BCUT2D eigenvalue weighted by molar-refractivity contribution is -0.604. The van der Waals surface area contributed by atoms with Crippen molar-refractivity contribution in [1.29, 1.82) is 0 Å². The van der Waals surface area contributed by atoms with Crippen LogP contribution in [0.15, 0.2) is 85.1 Å². The summed E-state index contributed by atoms with van der Waals surface area (Å²) in [4.78, 5) is 0. The van der Waals surface area contributed by atoms with Crippen molar-refractivity contribution in [2.75, 3.05) is 0 Å². The van der Waals surface area contributed by atoms with Crippen LogP contribution in [0.2, 0.25) is 0 Å². The first-order valence-corrected chi connectivity index (χ1v) is 10.9. The first kappa shape index (κ1) is 21.4. The first-order valence-electron chi connectivity index (χ1n) is 10.9. The minimum atomic E-state index is 0. The van der Waals surface area contributed by atoms with E-state index in [9.17, 15) is 0 Å². The van der Waals surface area contributed by atoms with Gasteiger partial charge in [0.15, 0.2) is 5.69 Å². The van der Waals surface area contributed by atoms with Crippen LogP contribution in [0.25, 0.3) is 28.1 Å². The van der Waals surface area contributed by atoms with Gasteiger partial charge in [0.25, 0.3) is 5.82 Å². The highest BCUT2D eigenvalue weighted by Crippen LogP contribution is 2.28. The zero-order chi connectivity index (χ0) is 20.3. The number of benzene rings is 3. The zero-order valence-corrected chi connectivity index (χ0v) is 18.4. The van der Waals surface area contributed by atoms with E-state index in [0.717, 1.165) is 13.0 Å². The molecular formula is C27H28ClN3. The van der Waals surface area contributed by atoms with E-state index in [0.29, 0.717) is 6.54 Å². The molecule has 0 radical (unpaired) electrons. The molecule has 2 heterocycles. The SMILES string of the molecule is NCc1ccccc1-[n+]1cc(-c2ccc(-c3ccccc3)cc2)n2c1CCCCC2.[Cl-]. The quantitative estimate of drug-likeness (QED) is 0.496. The fourth-order valence-corrected chi connectivity index (χ4v) is 4.59. The Balaban J connectivity index is 0.00000231. The van der Waals surface area contributed by atoms with Crippen LogP contribution in [-0.2, 0) is 19.5 Å². The summed E-state index contributed by atoms with van der Waals surface area (Å²) in [5.41, 5.74) is 13.5. The van der Waals surface area contributed by atoms with E-state index in [1.165, 1.54) is 58.7 Å². The summed E-state index contributed by atoms with van der Waals surface area (Å²) in [5, 5.41) is 0. The van der Waals surface area contributed by atoms with Crippen LogP contribution in [0.4, 0.5) is 0 Å². The lowest BCUT2D eigenvalue weighted by Crippen LogP contribution is -3.00. The Kier molecular flexibility index (Phi) is 6.55. The summed E-state index contributed by atoms with van der Waals surface area (Å²) < 4.78 is 4.91. The number of nitrogens with two attached hydrogens (primary N) is 1. The number of imidazole rings is 1. The number of aromatic nitrogens is 2. The lowest BCUT2D eigenvalue weighted by atomic mass is 10.0. The number of rotatable bonds is 4. The smallest absolute Gasteiger partial charge is 0.262 e. The molecule has 31 heavy (non-hydrogen) atoms. The predicted octanol–water partition coefficient (Wildman–Crippen LogP) is 2.29. The van der Waals surface area contributed by atoms with Crippen molar-refractivity contribution in [1.82, 2.24) is 4.57 Å². The van der Waals surface area contributed by atoms with Gasteiger partial charge in [-0.05, 0) is 48.6 Å². The van der Waals surface area contributed by atoms with Crippen molar-refractivity contribution in [2.24, 2.45) is 5.73 Å². The van der Waals surface area contributed by atoms with Gasteiger partial charge in [-0.2, -0.15) is 4.57 Å². The molecule has 2 N–H and O–H groups in total. The summed E-state index contributed by atoms with van der Waals surface area (Å²) in [5.74, 6) is 1.38. The number of hydrogen-bond acceptors (Lipinski definition) is 1. The molecule has 0 bridgehead atoms. The van der Waals surface area contributed by atoms with Gasteiger partial charge in [-0.15, -0.1) is 0 Å². The molecule has 1 aliphatic rings. The second-order valence-electron chi connectivity index (χ2n) is 8.04. The highest BCUT2D eigenvalue weighted by atomic mass is 35.5. The second kappa shape index (κ2) is 9.51. The molecule has 0 aliphatic carbocycles. The van der Waals surface area contributed by atoms with E-state index < -0.39 is 0 Å². The number of nitrogens with zero attached hydrogens (tertiary/aromatic N) is 2. The normalized spacial score (nSPS) is 13.2. The average Bonchev–Trinajstić information content (AvgIpc) is 3.00. The third-order valence-electron chi connectivity index (χ3n) is 6.17. The van der Waals surface area contributed by atoms with Crippen molar-refractivity contribution < 1.29 is 17.0 Å². The Morgan fingerprint density at radius 2 is 1.42 bits per heavy atom. The Morgan fingerprint density at radius 3 is 2.19 bits per heavy atom. The van der Waals surface area contributed by atoms with Gasteiger partial charge in [0.05, 0.1) is 6.54 Å². The summed E-state index contributed by atoms with van der Waals surface area (Å²) >= 11 is 0. The van der Waals surface area contributed by atoms with Gasteiger partial charge in [0.2, 0.25) is 0 Å². The van der Waals surface area contributed by atoms with Crippen LogP contribution >= 0.6 is 0 Å². The van der Waals surface area contributed by atoms with E-state index in [-0.39, 0.29) is 12.4 Å². The Hall–Kier alpha value is -2.88. The van der Waals surface area contributed by atoms with Gasteiger partial charge in [0, 0.05) is 24.1 Å². The molecule has 0 saturated carbocycles. The van der Waals surface area contributed by atoms with Crippen LogP contribution in [0.5, 0.6) is 0 Å². The van der Waals surface area contributed by atoms with Crippen LogP contribution in [0.1, 0.15) is 30.7 Å². The summed E-state index contributed by atoms with van der Waals surface area (Å²) in [6.07, 6.45) is 7.16. The number of halogens is 1. The minimum absolute atomic E-state index is 0. The summed E-state index contributed by atoms with van der Waals surface area (Å²) in [6.45, 7) is 1.62. The number of hydrogen-bond donors (Lipinski definition) is 1. The Labute approximate surface area is 190 Å². The third-order valence-corrected chi connectivity index (χ3v) is 6.17. The minimum Gasteiger partial charge on any atom is -1.00 e. The fourth-order valence-electron chi connectivity index (χ4n) is 4.59. The Morgan fingerprint density at radius 1 is 0.742 bits per heavy atom. The van der Waals surface area contributed by atoms with Crippen molar-refractivity contribution in [3.63, 3.8) is 0 Å². The van der Waals surface area contributed by atoms with Gasteiger partial charge in [-0.1, -0.05) is 60.7 Å². The van der Waals surface area contributed by atoms with Gasteiger partial charge >= 0.3 is 0 Å². The van der Waals surface area contributed by atoms with Crippen LogP contribution < -0.4 is 22.7 Å². The lowest BCUT2D eigenvalue weighted by Gasteiger charge is -2.06. The molecule has 0 unspecified atom stereocenters. The summed E-state index contributed by atoms with van der Waals surface area (Å²) in [7, 11) is 0. The third kappa shape index (κ3) is 4.16. The maximum absolute atomic E-state index is 6.06. The van der Waals surface area contributed by atoms with E-state index in [4.69, 9.17) is 5.73 Å². The average molecular weight is 430 g/mol. The molecule has 0 atom stereocenters. The Bertz CT molecular complexity index is 1150. The summed E-state index contributed by atoms with van der Waals surface area (Å²) in [6, 6.07) is 28.1. The highest BCUT2D eigenvalue weighted by Gasteiger charge is 2.27. The monoisotopic (exact) mass is 429 g/mol. The molecule has 1 aliphatic heterocycles. The van der Waals surface area contributed by atoms with Crippen LogP contribution in [-0.4, -0.2) is 4.57 Å². The number of fused-ring (bicyclic) bond motifs is 1. The fraction of sp³-hybridized carbons (Fsp3) is 0.222. The molecule has 3 nitrogen and oxygen atoms in total. The van der Waals surface area contributed by atoms with Crippen molar-refractivity contribution >= 4 is 0 Å². The molecular weight excluding hydrogens is 402 g/mol. The molecule has 0 saturated heterocycles. The van der Waals surface area contributed by atoms with E-state index in [1.54, 1.807) is 0 Å². The molecule has 4 heteroatoms. The molecule has 5 rings (SSSR count). The van der Waals surface area contributed by atoms with Crippen molar-refractivity contribution in [3.8, 4) is 28.1 Å². The zero-order valence-electron chi connectivity index (χ0n) is 17.7. The van der Waals surface area contributed by atoms with Crippen molar-refractivity contribution in [3.05, 3.63) is 96.4 Å². The molecule has 1 aromatic heterocycles. The molecule has 0 spiro atoms. The van der Waals surface area contributed by atoms with Crippen LogP contribution in [0.3, 0.4) is 0 Å². The van der Waals surface area contributed by atoms with Crippen molar-refractivity contribution in [2.45, 2.75) is 38.8 Å². The van der Waals surface area contributed by atoms with E-state index in [1.807, 2.05) is 0 Å². The van der Waals surface area contributed by atoms with Gasteiger partial charge in [-0.3, -0.25) is 0 Å². The van der Waals surface area contributed by atoms with Gasteiger partial charge in [0.1, 0.15) is 11.9 Å². The maximum atomic E-state index is 6.06. The predicted molar refractivity (Wildman–Crippen MR) is 122 cm³/mol. The second-order valence-corrected chi connectivity index (χ2v) is 8.04. The maximum Gasteiger partial charge on any atom is 0.262 e. The molecule has 0 fully saturated rings. The van der Waals surface area contributed by atoms with Gasteiger partial charge in [-0.25, -0.2) is 4.57 Å². The molecule has 4 aromatic rings. The van der Waals surface area contributed by atoms with Crippen LogP contribution in [0, 0.1) is 0 Å². The molecule has 0 amide bonds. The molecule has 3 aromatic carbocycles. The first-order chi connectivity index (χ1) is 14.8. The van der Waals surface area contributed by atoms with Gasteiger partial charge < -0.3 is 18.1 Å².